The fourth-order valence-electron chi connectivity index (χ4n) is 2.81. The topological polar surface area (TPSA) is 48.5 Å². The van der Waals surface area contributed by atoms with Crippen molar-refractivity contribution in [2.45, 2.75) is 6.92 Å². The lowest BCUT2D eigenvalue weighted by Crippen LogP contribution is -2.19. The van der Waals surface area contributed by atoms with Gasteiger partial charge in [-0.15, -0.1) is 0 Å². The number of halogens is 1. The summed E-state index contributed by atoms with van der Waals surface area (Å²) in [6.07, 6.45) is 5.39. The zero-order valence-corrected chi connectivity index (χ0v) is 14.8. The van der Waals surface area contributed by atoms with Crippen molar-refractivity contribution in [3.05, 3.63) is 82.5 Å². The molecule has 2 aromatic carbocycles. The molecule has 6 heteroatoms. The van der Waals surface area contributed by atoms with Gasteiger partial charge in [0, 0.05) is 34.9 Å². The second kappa shape index (κ2) is 6.69. The van der Waals surface area contributed by atoms with Gasteiger partial charge in [0.15, 0.2) is 0 Å². The van der Waals surface area contributed by atoms with Crippen LogP contribution in [0.2, 0.25) is 5.02 Å². The van der Waals surface area contributed by atoms with E-state index in [0.717, 1.165) is 22.7 Å². The molecule has 0 saturated heterocycles. The van der Waals surface area contributed by atoms with E-state index in [2.05, 4.69) is 4.98 Å². The van der Waals surface area contributed by atoms with Gasteiger partial charge in [-0.2, -0.15) is 0 Å². The Morgan fingerprint density at radius 2 is 1.77 bits per heavy atom. The lowest BCUT2D eigenvalue weighted by molar-refractivity contribution is 0.340. The minimum Gasteiger partial charge on any atom is -0.494 e. The molecule has 5 nitrogen and oxygen atoms in total. The summed E-state index contributed by atoms with van der Waals surface area (Å²) in [5.41, 5.74) is 2.58. The van der Waals surface area contributed by atoms with Gasteiger partial charge in [0.1, 0.15) is 5.75 Å². The van der Waals surface area contributed by atoms with Gasteiger partial charge in [-0.05, 0) is 55.5 Å². The van der Waals surface area contributed by atoms with E-state index in [4.69, 9.17) is 16.3 Å². The minimum absolute atomic E-state index is 0.188. The summed E-state index contributed by atoms with van der Waals surface area (Å²) in [5, 5.41) is 0.626. The monoisotopic (exact) mass is 365 g/mol. The Balaban J connectivity index is 1.77. The lowest BCUT2D eigenvalue weighted by Gasteiger charge is -2.05. The molecule has 0 spiro atoms. The van der Waals surface area contributed by atoms with Gasteiger partial charge in [-0.25, -0.2) is 4.98 Å². The van der Waals surface area contributed by atoms with E-state index in [9.17, 15) is 4.79 Å². The summed E-state index contributed by atoms with van der Waals surface area (Å²) in [5.74, 6) is 0.810. The highest BCUT2D eigenvalue weighted by Crippen LogP contribution is 2.22. The second-order valence-electron chi connectivity index (χ2n) is 5.76. The van der Waals surface area contributed by atoms with Crippen LogP contribution in [0.4, 0.5) is 0 Å². The summed E-state index contributed by atoms with van der Waals surface area (Å²) in [4.78, 5) is 17.3. The first-order chi connectivity index (χ1) is 12.7. The summed E-state index contributed by atoms with van der Waals surface area (Å²) < 4.78 is 8.75. The van der Waals surface area contributed by atoms with Crippen LogP contribution in [0.3, 0.4) is 0 Å². The molecule has 0 aliphatic carbocycles. The van der Waals surface area contributed by atoms with E-state index in [1.165, 1.54) is 0 Å². The van der Waals surface area contributed by atoms with Gasteiger partial charge >= 0.3 is 0 Å². The van der Waals surface area contributed by atoms with Crippen LogP contribution in [-0.2, 0) is 0 Å². The van der Waals surface area contributed by atoms with E-state index in [-0.39, 0.29) is 5.56 Å². The summed E-state index contributed by atoms with van der Waals surface area (Å²) in [6.45, 7) is 2.57. The molecular formula is C20H16ClN3O2. The van der Waals surface area contributed by atoms with Crippen molar-refractivity contribution in [1.29, 1.82) is 0 Å². The van der Waals surface area contributed by atoms with E-state index < -0.39 is 0 Å². The zero-order valence-electron chi connectivity index (χ0n) is 14.1. The van der Waals surface area contributed by atoms with Crippen LogP contribution in [0.5, 0.6) is 5.75 Å². The molecule has 0 N–H and O–H groups in total. The fourth-order valence-corrected chi connectivity index (χ4v) is 2.94. The van der Waals surface area contributed by atoms with E-state index in [1.54, 1.807) is 39.4 Å². The van der Waals surface area contributed by atoms with Crippen LogP contribution in [0, 0.1) is 0 Å². The maximum Gasteiger partial charge on any atom is 0.298 e. The molecule has 0 aliphatic rings. The normalized spacial score (nSPS) is 11.0. The van der Waals surface area contributed by atoms with Crippen LogP contribution in [0.15, 0.2) is 71.9 Å². The molecule has 0 atom stereocenters. The second-order valence-corrected chi connectivity index (χ2v) is 6.20. The predicted molar refractivity (Wildman–Crippen MR) is 102 cm³/mol. The Morgan fingerprint density at radius 1 is 1.04 bits per heavy atom. The molecule has 2 heterocycles. The van der Waals surface area contributed by atoms with Crippen molar-refractivity contribution >= 4 is 17.2 Å². The van der Waals surface area contributed by atoms with E-state index in [1.807, 2.05) is 43.6 Å². The molecule has 0 aliphatic heterocycles. The Bertz CT molecular complexity index is 1110. The SMILES string of the molecule is CCOc1ccc(-c2cn3ccn(-c4ccc(Cl)cc4)c(=O)c3n2)cc1. The van der Waals surface area contributed by atoms with Crippen molar-refractivity contribution in [2.24, 2.45) is 0 Å². The molecule has 4 rings (SSSR count). The average Bonchev–Trinajstić information content (AvgIpc) is 3.09. The fraction of sp³-hybridized carbons (Fsp3) is 0.100. The summed E-state index contributed by atoms with van der Waals surface area (Å²) >= 11 is 5.92. The van der Waals surface area contributed by atoms with Crippen LogP contribution in [-0.4, -0.2) is 20.6 Å². The molecule has 0 unspecified atom stereocenters. The number of imidazole rings is 1. The van der Waals surface area contributed by atoms with Crippen molar-refractivity contribution in [1.82, 2.24) is 14.0 Å². The van der Waals surface area contributed by atoms with Crippen molar-refractivity contribution < 1.29 is 4.74 Å². The number of hydrogen-bond acceptors (Lipinski definition) is 3. The molecule has 0 saturated carbocycles. The van der Waals surface area contributed by atoms with Crippen LogP contribution < -0.4 is 10.3 Å². The Kier molecular flexibility index (Phi) is 4.22. The van der Waals surface area contributed by atoms with Gasteiger partial charge in [0.05, 0.1) is 12.3 Å². The quantitative estimate of drug-likeness (QED) is 0.544. The average molecular weight is 366 g/mol. The Hall–Kier alpha value is -3.05. The summed E-state index contributed by atoms with van der Waals surface area (Å²) in [6, 6.07) is 14.8. The molecule has 4 aromatic rings. The highest BCUT2D eigenvalue weighted by molar-refractivity contribution is 6.30. The molecule has 2 aromatic heterocycles. The number of fused-ring (bicyclic) bond motifs is 1. The number of aromatic nitrogens is 3. The number of benzene rings is 2. The van der Waals surface area contributed by atoms with Gasteiger partial charge in [0.25, 0.3) is 5.56 Å². The first-order valence-electron chi connectivity index (χ1n) is 8.25. The number of ether oxygens (including phenoxy) is 1. The Morgan fingerprint density at radius 3 is 2.46 bits per heavy atom. The zero-order chi connectivity index (χ0) is 18.1. The molecule has 0 amide bonds. The minimum atomic E-state index is -0.188. The third-order valence-electron chi connectivity index (χ3n) is 4.08. The van der Waals surface area contributed by atoms with Gasteiger partial charge in [-0.1, -0.05) is 11.6 Å². The molecular weight excluding hydrogens is 350 g/mol. The maximum atomic E-state index is 12.8. The number of nitrogens with zero attached hydrogens (tertiary/aromatic N) is 3. The van der Waals surface area contributed by atoms with Crippen LogP contribution >= 0.6 is 11.6 Å². The van der Waals surface area contributed by atoms with Gasteiger partial charge in [-0.3, -0.25) is 9.36 Å². The van der Waals surface area contributed by atoms with Gasteiger partial charge < -0.3 is 9.14 Å². The highest BCUT2D eigenvalue weighted by Gasteiger charge is 2.10. The molecule has 0 fully saturated rings. The smallest absolute Gasteiger partial charge is 0.298 e. The molecule has 0 bridgehead atoms. The van der Waals surface area contributed by atoms with Crippen molar-refractivity contribution in [2.75, 3.05) is 6.61 Å². The largest absolute Gasteiger partial charge is 0.494 e. The molecule has 130 valence electrons. The van der Waals surface area contributed by atoms with Crippen LogP contribution in [0.25, 0.3) is 22.6 Å². The third kappa shape index (κ3) is 2.97. The standard InChI is InChI=1S/C20H16ClN3O2/c1-2-26-17-9-3-14(4-10-17)18-13-23-11-12-24(20(25)19(23)22-18)16-7-5-15(21)6-8-16/h3-13H,2H2,1H3. The van der Waals surface area contributed by atoms with E-state index >= 15 is 0 Å². The number of rotatable bonds is 4. The molecule has 26 heavy (non-hydrogen) atoms. The van der Waals surface area contributed by atoms with E-state index in [0.29, 0.717) is 17.3 Å². The lowest BCUT2D eigenvalue weighted by atomic mass is 10.2. The number of hydrogen-bond donors (Lipinski definition) is 0. The summed E-state index contributed by atoms with van der Waals surface area (Å²) in [7, 11) is 0. The first kappa shape index (κ1) is 16.4. The highest BCUT2D eigenvalue weighted by atomic mass is 35.5. The third-order valence-corrected chi connectivity index (χ3v) is 4.34. The van der Waals surface area contributed by atoms with Crippen molar-refractivity contribution in [3.8, 4) is 22.7 Å². The van der Waals surface area contributed by atoms with Gasteiger partial charge in [0.2, 0.25) is 5.65 Å². The Labute approximate surface area is 155 Å². The maximum absolute atomic E-state index is 12.8. The molecule has 0 radical (unpaired) electrons. The first-order valence-corrected chi connectivity index (χ1v) is 8.63. The van der Waals surface area contributed by atoms with Crippen LogP contribution in [0.1, 0.15) is 6.92 Å². The van der Waals surface area contributed by atoms with Crippen molar-refractivity contribution in [3.63, 3.8) is 0 Å². The predicted octanol–water partition coefficient (Wildman–Crippen LogP) is 4.20.